The Labute approximate surface area is 82.3 Å². The minimum Gasteiger partial charge on any atom is -0.488 e. The van der Waals surface area contributed by atoms with Gasteiger partial charge in [-0.05, 0) is 6.92 Å². The molecule has 1 aromatic rings. The van der Waals surface area contributed by atoms with E-state index in [9.17, 15) is 18.0 Å². The molecular weight excluding hydrogens is 215 g/mol. The maximum absolute atomic E-state index is 13.0. The van der Waals surface area contributed by atoms with Crippen LogP contribution in [0.3, 0.4) is 0 Å². The predicted molar refractivity (Wildman–Crippen MR) is 42.2 cm³/mol. The number of halogens is 3. The molecule has 82 valence electrons. The Bertz CT molecular complexity index is 409. The Morgan fingerprint density at radius 3 is 2.47 bits per heavy atom. The van der Waals surface area contributed by atoms with Crippen LogP contribution in [-0.4, -0.2) is 22.7 Å². The summed E-state index contributed by atoms with van der Waals surface area (Å²) in [4.78, 5) is 13.3. The highest BCUT2D eigenvalue weighted by atomic mass is 19.2. The monoisotopic (exact) mass is 221 g/mol. The molecule has 0 unspecified atom stereocenters. The van der Waals surface area contributed by atoms with Crippen molar-refractivity contribution >= 4 is 5.97 Å². The molecule has 4 nitrogen and oxygen atoms in total. The van der Waals surface area contributed by atoms with E-state index in [1.807, 2.05) is 0 Å². The Kier molecular flexibility index (Phi) is 3.13. The second-order valence-corrected chi connectivity index (χ2v) is 2.45. The van der Waals surface area contributed by atoms with Crippen molar-refractivity contribution in [3.05, 3.63) is 23.3 Å². The number of nitrogens with zero attached hydrogens (tertiary/aromatic N) is 1. The van der Waals surface area contributed by atoms with Gasteiger partial charge in [-0.1, -0.05) is 0 Å². The van der Waals surface area contributed by atoms with Gasteiger partial charge in [0.15, 0.2) is 11.4 Å². The summed E-state index contributed by atoms with van der Waals surface area (Å²) in [5, 5.41) is 8.53. The van der Waals surface area contributed by atoms with Crippen LogP contribution in [0.5, 0.6) is 5.75 Å². The van der Waals surface area contributed by atoms with Gasteiger partial charge in [0.05, 0.1) is 6.61 Å². The lowest BCUT2D eigenvalue weighted by molar-refractivity contribution is 0.0682. The minimum absolute atomic E-state index is 0.0933. The molecule has 0 radical (unpaired) electrons. The molecule has 0 atom stereocenters. The van der Waals surface area contributed by atoms with E-state index in [1.165, 1.54) is 6.92 Å². The number of carboxylic acids is 1. The third kappa shape index (κ3) is 2.00. The molecule has 7 heteroatoms. The maximum atomic E-state index is 13.0. The van der Waals surface area contributed by atoms with Crippen LogP contribution in [0.15, 0.2) is 0 Å². The van der Waals surface area contributed by atoms with E-state index < -0.39 is 35.0 Å². The second-order valence-electron chi connectivity index (χ2n) is 2.45. The Morgan fingerprint density at radius 2 is 2.00 bits per heavy atom. The van der Waals surface area contributed by atoms with E-state index in [-0.39, 0.29) is 6.61 Å². The van der Waals surface area contributed by atoms with Crippen LogP contribution in [0.1, 0.15) is 17.4 Å². The Balaban J connectivity index is 3.43. The van der Waals surface area contributed by atoms with Gasteiger partial charge in [-0.3, -0.25) is 0 Å². The molecule has 1 heterocycles. The molecular formula is C8H6F3NO3. The average Bonchev–Trinajstić information content (AvgIpc) is 2.18. The molecule has 15 heavy (non-hydrogen) atoms. The summed E-state index contributed by atoms with van der Waals surface area (Å²) in [6.45, 7) is 1.34. The van der Waals surface area contributed by atoms with Crippen LogP contribution in [0.25, 0.3) is 0 Å². The van der Waals surface area contributed by atoms with E-state index in [4.69, 9.17) is 5.11 Å². The van der Waals surface area contributed by atoms with Crippen molar-refractivity contribution in [1.82, 2.24) is 4.98 Å². The first-order chi connectivity index (χ1) is 6.99. The highest BCUT2D eigenvalue weighted by Crippen LogP contribution is 2.24. The molecule has 0 saturated heterocycles. The molecule has 0 aromatic carbocycles. The van der Waals surface area contributed by atoms with E-state index in [0.717, 1.165) is 0 Å². The lowest BCUT2D eigenvalue weighted by atomic mass is 10.3. The molecule has 0 spiro atoms. The molecule has 0 amide bonds. The van der Waals surface area contributed by atoms with Gasteiger partial charge in [0.25, 0.3) is 5.95 Å². The van der Waals surface area contributed by atoms with Crippen LogP contribution < -0.4 is 4.74 Å². The van der Waals surface area contributed by atoms with E-state index in [0.29, 0.717) is 0 Å². The largest absolute Gasteiger partial charge is 0.488 e. The highest BCUT2D eigenvalue weighted by molar-refractivity contribution is 5.88. The zero-order chi connectivity index (χ0) is 11.6. The number of aromatic carboxylic acids is 1. The summed E-state index contributed by atoms with van der Waals surface area (Å²) < 4.78 is 42.8. The van der Waals surface area contributed by atoms with Gasteiger partial charge in [-0.15, -0.1) is 0 Å². The van der Waals surface area contributed by atoms with E-state index in [1.54, 1.807) is 0 Å². The summed E-state index contributed by atoms with van der Waals surface area (Å²) >= 11 is 0. The Morgan fingerprint density at radius 1 is 1.40 bits per heavy atom. The van der Waals surface area contributed by atoms with Crippen molar-refractivity contribution in [2.24, 2.45) is 0 Å². The van der Waals surface area contributed by atoms with Crippen LogP contribution in [0.4, 0.5) is 13.2 Å². The summed E-state index contributed by atoms with van der Waals surface area (Å²) in [5.41, 5.74) is -0.992. The fourth-order valence-corrected chi connectivity index (χ4v) is 0.913. The van der Waals surface area contributed by atoms with Gasteiger partial charge < -0.3 is 9.84 Å². The van der Waals surface area contributed by atoms with Crippen molar-refractivity contribution in [1.29, 1.82) is 0 Å². The number of carbonyl (C=O) groups is 1. The van der Waals surface area contributed by atoms with Gasteiger partial charge in [-0.25, -0.2) is 9.78 Å². The quantitative estimate of drug-likeness (QED) is 0.787. The molecule has 1 rings (SSSR count). The zero-order valence-electron chi connectivity index (χ0n) is 7.55. The first-order valence-corrected chi connectivity index (χ1v) is 3.89. The topological polar surface area (TPSA) is 59.4 Å². The number of aromatic nitrogens is 1. The van der Waals surface area contributed by atoms with Gasteiger partial charge >= 0.3 is 5.97 Å². The van der Waals surface area contributed by atoms with Crippen LogP contribution in [0.2, 0.25) is 0 Å². The van der Waals surface area contributed by atoms with Crippen molar-refractivity contribution in [3.8, 4) is 5.75 Å². The molecule has 0 aliphatic carbocycles. The molecule has 0 aliphatic heterocycles. The van der Waals surface area contributed by atoms with E-state index in [2.05, 4.69) is 9.72 Å². The number of hydrogen-bond donors (Lipinski definition) is 1. The van der Waals surface area contributed by atoms with Gasteiger partial charge in [0.1, 0.15) is 0 Å². The lowest BCUT2D eigenvalue weighted by Gasteiger charge is -2.07. The SMILES string of the molecule is CCOc1c(C(=O)O)nc(F)c(F)c1F. The lowest BCUT2D eigenvalue weighted by Crippen LogP contribution is -2.11. The first-order valence-electron chi connectivity index (χ1n) is 3.89. The number of ether oxygens (including phenoxy) is 1. The average molecular weight is 221 g/mol. The fraction of sp³-hybridized carbons (Fsp3) is 0.250. The van der Waals surface area contributed by atoms with Gasteiger partial charge in [0.2, 0.25) is 11.6 Å². The Hall–Kier alpha value is -1.79. The first kappa shape index (κ1) is 11.3. The molecule has 0 saturated carbocycles. The summed E-state index contributed by atoms with van der Waals surface area (Å²) in [6, 6.07) is 0. The summed E-state index contributed by atoms with van der Waals surface area (Å²) in [6.07, 6.45) is 0. The van der Waals surface area contributed by atoms with Crippen molar-refractivity contribution in [2.75, 3.05) is 6.61 Å². The van der Waals surface area contributed by atoms with E-state index >= 15 is 0 Å². The number of rotatable bonds is 3. The van der Waals surface area contributed by atoms with Crippen LogP contribution >= 0.6 is 0 Å². The predicted octanol–water partition coefficient (Wildman–Crippen LogP) is 1.60. The van der Waals surface area contributed by atoms with Crippen molar-refractivity contribution < 1.29 is 27.8 Å². The number of pyridine rings is 1. The number of hydrogen-bond acceptors (Lipinski definition) is 3. The standard InChI is InChI=1S/C8H6F3NO3/c1-2-15-6-3(9)4(10)7(11)12-5(6)8(13)14/h2H2,1H3,(H,13,14). The minimum atomic E-state index is -1.86. The second kappa shape index (κ2) is 4.16. The highest BCUT2D eigenvalue weighted by Gasteiger charge is 2.25. The normalized spacial score (nSPS) is 10.1. The summed E-state index contributed by atoms with van der Waals surface area (Å²) in [5.74, 6) is -7.96. The molecule has 1 aromatic heterocycles. The van der Waals surface area contributed by atoms with Gasteiger partial charge in [-0.2, -0.15) is 13.2 Å². The molecule has 0 aliphatic rings. The summed E-state index contributed by atoms with van der Waals surface area (Å²) in [7, 11) is 0. The zero-order valence-corrected chi connectivity index (χ0v) is 7.55. The third-order valence-electron chi connectivity index (χ3n) is 1.49. The number of carboxylic acid groups (broad SMARTS) is 1. The molecule has 0 bridgehead atoms. The van der Waals surface area contributed by atoms with Crippen LogP contribution in [-0.2, 0) is 0 Å². The molecule has 1 N–H and O–H groups in total. The molecule has 0 fully saturated rings. The third-order valence-corrected chi connectivity index (χ3v) is 1.49. The van der Waals surface area contributed by atoms with Crippen LogP contribution in [0, 0.1) is 17.6 Å². The van der Waals surface area contributed by atoms with Crippen molar-refractivity contribution in [3.63, 3.8) is 0 Å². The smallest absolute Gasteiger partial charge is 0.358 e. The van der Waals surface area contributed by atoms with Gasteiger partial charge in [0, 0.05) is 0 Å². The van der Waals surface area contributed by atoms with Crippen molar-refractivity contribution in [2.45, 2.75) is 6.92 Å². The maximum Gasteiger partial charge on any atom is 0.358 e. The fourth-order valence-electron chi connectivity index (χ4n) is 0.913.